The van der Waals surface area contributed by atoms with Crippen LogP contribution in [-0.4, -0.2) is 17.0 Å². The first-order valence-electron chi connectivity index (χ1n) is 10.2. The van der Waals surface area contributed by atoms with E-state index < -0.39 is 0 Å². The molecule has 1 N–H and O–H groups in total. The van der Waals surface area contributed by atoms with Crippen molar-refractivity contribution in [2.45, 2.75) is 85.2 Å². The largest absolute Gasteiger partial charge is 0.393 e. The second kappa shape index (κ2) is 5.43. The van der Waals surface area contributed by atoms with Gasteiger partial charge in [-0.1, -0.05) is 33.3 Å². The Bertz CT molecular complexity index is 589. The number of hydrogen-bond acceptors (Lipinski definition) is 2. The molecule has 4 aliphatic carbocycles. The lowest BCUT2D eigenvalue weighted by molar-refractivity contribution is -0.119. The Kier molecular flexibility index (Phi) is 3.81. The minimum absolute atomic E-state index is 0.0904. The highest BCUT2D eigenvalue weighted by molar-refractivity contribution is 5.97. The van der Waals surface area contributed by atoms with Gasteiger partial charge in [-0.15, -0.1) is 0 Å². The molecule has 0 amide bonds. The van der Waals surface area contributed by atoms with Gasteiger partial charge in [0.05, 0.1) is 6.10 Å². The highest BCUT2D eigenvalue weighted by atomic mass is 16.3. The molecule has 24 heavy (non-hydrogen) atoms. The fraction of sp³-hybridized carbons (Fsp3) is 0.864. The van der Waals surface area contributed by atoms with Gasteiger partial charge in [-0.2, -0.15) is 0 Å². The highest BCUT2D eigenvalue weighted by Crippen LogP contribution is 2.65. The zero-order chi connectivity index (χ0) is 17.3. The zero-order valence-electron chi connectivity index (χ0n) is 15.9. The van der Waals surface area contributed by atoms with E-state index in [1.807, 2.05) is 0 Å². The second-order valence-electron chi connectivity index (χ2n) is 9.94. The third-order valence-electron chi connectivity index (χ3n) is 8.70. The molecule has 0 unspecified atom stereocenters. The van der Waals surface area contributed by atoms with Gasteiger partial charge in [-0.25, -0.2) is 0 Å². The summed E-state index contributed by atoms with van der Waals surface area (Å²) in [6.07, 6.45) is 8.72. The number of fused-ring (bicyclic) bond motifs is 5. The smallest absolute Gasteiger partial charge is 0.159 e. The molecule has 0 aromatic carbocycles. The molecule has 2 heteroatoms. The van der Waals surface area contributed by atoms with E-state index in [1.54, 1.807) is 0 Å². The first-order chi connectivity index (χ1) is 11.3. The number of aliphatic hydroxyl groups excluding tert-OH is 1. The average Bonchev–Trinajstić information content (AvgIpc) is 2.83. The zero-order valence-corrected chi connectivity index (χ0v) is 15.9. The lowest BCUT2D eigenvalue weighted by Crippen LogP contribution is -2.51. The fourth-order valence-electron chi connectivity index (χ4n) is 7.40. The molecule has 2 nitrogen and oxygen atoms in total. The minimum atomic E-state index is -0.0904. The van der Waals surface area contributed by atoms with Crippen molar-refractivity contribution in [1.29, 1.82) is 0 Å². The molecule has 134 valence electrons. The normalized spacial score (nSPS) is 48.3. The lowest BCUT2D eigenvalue weighted by Gasteiger charge is -2.58. The van der Waals surface area contributed by atoms with Crippen LogP contribution in [0.25, 0.3) is 0 Å². The number of Topliss-reactive ketones (excluding diaryl/α,β-unsaturated/α-hetero) is 1. The first kappa shape index (κ1) is 16.8. The van der Waals surface area contributed by atoms with E-state index in [2.05, 4.69) is 27.7 Å². The van der Waals surface area contributed by atoms with Crippen LogP contribution >= 0.6 is 0 Å². The molecule has 3 fully saturated rings. The Morgan fingerprint density at radius 1 is 1.00 bits per heavy atom. The van der Waals surface area contributed by atoms with Gasteiger partial charge >= 0.3 is 0 Å². The molecule has 0 spiro atoms. The van der Waals surface area contributed by atoms with Crippen LogP contribution < -0.4 is 0 Å². The third-order valence-corrected chi connectivity index (χ3v) is 8.70. The molecular weight excluding hydrogens is 296 g/mol. The van der Waals surface area contributed by atoms with Gasteiger partial charge in [-0.05, 0) is 85.0 Å². The Balaban J connectivity index is 1.73. The topological polar surface area (TPSA) is 37.3 Å². The van der Waals surface area contributed by atoms with Crippen molar-refractivity contribution in [2.75, 3.05) is 0 Å². The van der Waals surface area contributed by atoms with Gasteiger partial charge in [0, 0.05) is 6.42 Å². The van der Waals surface area contributed by atoms with E-state index in [1.165, 1.54) is 36.8 Å². The summed E-state index contributed by atoms with van der Waals surface area (Å²) in [5.41, 5.74) is 3.11. The molecular formula is C22H34O2. The number of carbonyl (C=O) groups is 1. The second-order valence-corrected chi connectivity index (χ2v) is 9.94. The summed E-state index contributed by atoms with van der Waals surface area (Å²) in [4.78, 5) is 12.6. The molecule has 0 aromatic rings. The van der Waals surface area contributed by atoms with Gasteiger partial charge in [0.1, 0.15) is 0 Å². The number of ketones is 1. The summed E-state index contributed by atoms with van der Waals surface area (Å²) in [7, 11) is 0. The van der Waals surface area contributed by atoms with E-state index in [0.29, 0.717) is 17.6 Å². The molecule has 0 heterocycles. The molecule has 0 bridgehead atoms. The van der Waals surface area contributed by atoms with Gasteiger partial charge < -0.3 is 5.11 Å². The fourth-order valence-corrected chi connectivity index (χ4v) is 7.40. The standard InChI is InChI=1S/C22H34O2/c1-13(2)20-17-6-5-14-15-7-8-19(24)22(15,4)11-9-16(14)21(17,3)12-10-18(20)23/h13-16,19,24H,5-12H2,1-4H3/t14-,15-,16-,19-,21+,22-/m0/s1. The molecule has 0 aliphatic heterocycles. The number of allylic oxidation sites excluding steroid dienone is 1. The Morgan fingerprint density at radius 3 is 2.46 bits per heavy atom. The number of aliphatic hydroxyl groups is 1. The van der Waals surface area contributed by atoms with Crippen LogP contribution in [0.3, 0.4) is 0 Å². The highest BCUT2D eigenvalue weighted by Gasteiger charge is 2.59. The van der Waals surface area contributed by atoms with Crippen molar-refractivity contribution in [2.24, 2.45) is 34.5 Å². The molecule has 3 saturated carbocycles. The number of rotatable bonds is 1. The molecule has 0 saturated heterocycles. The average molecular weight is 331 g/mol. The summed E-state index contributed by atoms with van der Waals surface area (Å²) in [6, 6.07) is 0. The summed E-state index contributed by atoms with van der Waals surface area (Å²) < 4.78 is 0. The Hall–Kier alpha value is -0.630. The monoisotopic (exact) mass is 330 g/mol. The summed E-state index contributed by atoms with van der Waals surface area (Å²) in [6.45, 7) is 9.22. The van der Waals surface area contributed by atoms with Crippen LogP contribution in [0.5, 0.6) is 0 Å². The number of carbonyl (C=O) groups excluding carboxylic acids is 1. The van der Waals surface area contributed by atoms with Crippen LogP contribution in [0.15, 0.2) is 11.1 Å². The maximum absolute atomic E-state index is 12.6. The SMILES string of the molecule is CC(C)C1=C2CC[C@H]3[C@@H]4CC[C@H](O)[C@@]4(C)CC[C@@H]3[C@@]2(C)CCC1=O. The van der Waals surface area contributed by atoms with Crippen molar-refractivity contribution in [3.8, 4) is 0 Å². The lowest BCUT2D eigenvalue weighted by atomic mass is 9.46. The van der Waals surface area contributed by atoms with Crippen LogP contribution in [0.4, 0.5) is 0 Å². The quantitative estimate of drug-likeness (QED) is 0.742. The van der Waals surface area contributed by atoms with Crippen molar-refractivity contribution in [3.05, 3.63) is 11.1 Å². The maximum atomic E-state index is 12.6. The first-order valence-corrected chi connectivity index (χ1v) is 10.2. The van der Waals surface area contributed by atoms with Gasteiger partial charge in [0.2, 0.25) is 0 Å². The van der Waals surface area contributed by atoms with E-state index in [-0.39, 0.29) is 16.9 Å². The van der Waals surface area contributed by atoms with E-state index >= 15 is 0 Å². The van der Waals surface area contributed by atoms with Crippen molar-refractivity contribution < 1.29 is 9.90 Å². The molecule has 0 radical (unpaired) electrons. The Morgan fingerprint density at radius 2 is 1.75 bits per heavy atom. The third kappa shape index (κ3) is 2.08. The summed E-state index contributed by atoms with van der Waals surface area (Å²) in [5, 5.41) is 10.6. The van der Waals surface area contributed by atoms with Crippen molar-refractivity contribution in [1.82, 2.24) is 0 Å². The van der Waals surface area contributed by atoms with Crippen LogP contribution in [-0.2, 0) is 4.79 Å². The van der Waals surface area contributed by atoms with Gasteiger partial charge in [-0.3, -0.25) is 4.79 Å². The van der Waals surface area contributed by atoms with Crippen LogP contribution in [0, 0.1) is 34.5 Å². The molecule has 6 atom stereocenters. The van der Waals surface area contributed by atoms with E-state index in [9.17, 15) is 9.90 Å². The van der Waals surface area contributed by atoms with Crippen molar-refractivity contribution >= 4 is 5.78 Å². The van der Waals surface area contributed by atoms with Crippen LogP contribution in [0.1, 0.15) is 79.1 Å². The van der Waals surface area contributed by atoms with Crippen LogP contribution in [0.2, 0.25) is 0 Å². The van der Waals surface area contributed by atoms with Crippen molar-refractivity contribution in [3.63, 3.8) is 0 Å². The Labute approximate surface area is 147 Å². The van der Waals surface area contributed by atoms with Gasteiger partial charge in [0.15, 0.2) is 5.78 Å². The molecule has 4 aliphatic rings. The molecule has 0 aromatic heterocycles. The maximum Gasteiger partial charge on any atom is 0.159 e. The minimum Gasteiger partial charge on any atom is -0.393 e. The van der Waals surface area contributed by atoms with Gasteiger partial charge in [0.25, 0.3) is 0 Å². The number of hydrogen-bond donors (Lipinski definition) is 1. The molecule has 4 rings (SSSR count). The predicted molar refractivity (Wildman–Crippen MR) is 96.5 cm³/mol. The predicted octanol–water partition coefficient (Wildman–Crippen LogP) is 4.91. The van der Waals surface area contributed by atoms with E-state index in [4.69, 9.17) is 0 Å². The summed E-state index contributed by atoms with van der Waals surface area (Å²) >= 11 is 0. The summed E-state index contributed by atoms with van der Waals surface area (Å²) in [5.74, 6) is 2.98. The van der Waals surface area contributed by atoms with E-state index in [0.717, 1.165) is 37.5 Å².